The zero-order valence-electron chi connectivity index (χ0n) is 21.1. The van der Waals surface area contributed by atoms with Gasteiger partial charge in [-0.1, -0.05) is 74.0 Å². The molecule has 3 aromatic carbocycles. The molecular weight excluding hydrogens is 454 g/mol. The van der Waals surface area contributed by atoms with Crippen LogP contribution in [0.1, 0.15) is 95.3 Å². The number of aromatic carboxylic acids is 1. The number of carbonyl (C=O) groups is 1. The Morgan fingerprint density at radius 2 is 1.69 bits per heavy atom. The molecule has 4 heteroatoms. The Kier molecular flexibility index (Phi) is 7.83. The standard InChI is InChI=1S/C32H32F2O2/c1-4-21(5-2)18-22-12-14-23(15-13-22)30-26-17-16-25(32(35)36)19-24(26)9-7-11-28(30)27-10-6-8-20(3)29(27)31(33)34/h6,8,10,12-19,31H,4-5,7,9,11H2,1-3H3,(H,35,36). The topological polar surface area (TPSA) is 37.3 Å². The van der Waals surface area contributed by atoms with Crippen molar-refractivity contribution in [1.29, 1.82) is 0 Å². The van der Waals surface area contributed by atoms with Crippen LogP contribution in [0.15, 0.2) is 66.2 Å². The van der Waals surface area contributed by atoms with E-state index in [9.17, 15) is 18.7 Å². The molecule has 0 saturated heterocycles. The monoisotopic (exact) mass is 486 g/mol. The minimum Gasteiger partial charge on any atom is -0.478 e. The average Bonchev–Trinajstić information content (AvgIpc) is 3.06. The SMILES string of the molecule is CCC(=Cc1ccc(C2=C(c3cccc(C)c3C(F)F)CCCc3cc(C(=O)O)ccc32)cc1)CC. The van der Waals surface area contributed by atoms with Gasteiger partial charge in [0.05, 0.1) is 5.56 Å². The van der Waals surface area contributed by atoms with Gasteiger partial charge in [0.25, 0.3) is 6.43 Å². The number of alkyl halides is 2. The normalized spacial score (nSPS) is 13.4. The van der Waals surface area contributed by atoms with Crippen LogP contribution >= 0.6 is 0 Å². The fourth-order valence-electron chi connectivity index (χ4n) is 5.19. The largest absolute Gasteiger partial charge is 0.478 e. The van der Waals surface area contributed by atoms with Gasteiger partial charge in [0.2, 0.25) is 0 Å². The third kappa shape index (κ3) is 5.18. The first-order chi connectivity index (χ1) is 17.3. The first kappa shape index (κ1) is 25.6. The summed E-state index contributed by atoms with van der Waals surface area (Å²) in [5.74, 6) is -0.967. The molecule has 0 aliphatic heterocycles. The Labute approximate surface area is 212 Å². The fraction of sp³-hybridized carbons (Fsp3) is 0.281. The first-order valence-electron chi connectivity index (χ1n) is 12.6. The van der Waals surface area contributed by atoms with Crippen molar-refractivity contribution in [2.45, 2.75) is 59.3 Å². The van der Waals surface area contributed by atoms with Crippen molar-refractivity contribution in [3.63, 3.8) is 0 Å². The van der Waals surface area contributed by atoms with E-state index in [2.05, 4.69) is 44.2 Å². The van der Waals surface area contributed by atoms with Gasteiger partial charge in [0.1, 0.15) is 0 Å². The Morgan fingerprint density at radius 1 is 0.972 bits per heavy atom. The first-order valence-corrected chi connectivity index (χ1v) is 12.6. The summed E-state index contributed by atoms with van der Waals surface area (Å²) in [5, 5.41) is 9.54. The van der Waals surface area contributed by atoms with Gasteiger partial charge >= 0.3 is 5.97 Å². The zero-order chi connectivity index (χ0) is 25.8. The highest BCUT2D eigenvalue weighted by atomic mass is 19.3. The molecule has 0 fully saturated rings. The van der Waals surface area contributed by atoms with Gasteiger partial charge in [-0.15, -0.1) is 0 Å². The summed E-state index contributed by atoms with van der Waals surface area (Å²) in [6.45, 7) is 6.03. The van der Waals surface area contributed by atoms with Gasteiger partial charge in [0, 0.05) is 5.56 Å². The van der Waals surface area contributed by atoms with E-state index in [4.69, 9.17) is 0 Å². The maximum absolute atomic E-state index is 14.3. The van der Waals surface area contributed by atoms with Crippen molar-refractivity contribution < 1.29 is 18.7 Å². The highest BCUT2D eigenvalue weighted by Crippen LogP contribution is 2.43. The molecule has 0 amide bonds. The maximum atomic E-state index is 14.3. The summed E-state index contributed by atoms with van der Waals surface area (Å²) in [6, 6.07) is 18.8. The lowest BCUT2D eigenvalue weighted by Crippen LogP contribution is -2.03. The van der Waals surface area contributed by atoms with Crippen LogP contribution in [0.4, 0.5) is 8.78 Å². The van der Waals surface area contributed by atoms with E-state index in [0.717, 1.165) is 52.7 Å². The molecular formula is C32H32F2O2. The molecule has 186 valence electrons. The number of aryl methyl sites for hydroxylation is 2. The summed E-state index contributed by atoms with van der Waals surface area (Å²) in [4.78, 5) is 11.6. The molecule has 0 spiro atoms. The summed E-state index contributed by atoms with van der Waals surface area (Å²) in [7, 11) is 0. The van der Waals surface area contributed by atoms with Crippen LogP contribution in [0.5, 0.6) is 0 Å². The zero-order valence-corrected chi connectivity index (χ0v) is 21.1. The van der Waals surface area contributed by atoms with E-state index >= 15 is 0 Å². The van der Waals surface area contributed by atoms with Gasteiger partial charge in [-0.05, 0) is 95.7 Å². The summed E-state index contributed by atoms with van der Waals surface area (Å²) >= 11 is 0. The molecule has 0 atom stereocenters. The van der Waals surface area contributed by atoms with Gasteiger partial charge in [0.15, 0.2) is 0 Å². The maximum Gasteiger partial charge on any atom is 0.335 e. The van der Waals surface area contributed by atoms with E-state index in [-0.39, 0.29) is 11.1 Å². The van der Waals surface area contributed by atoms with E-state index in [1.807, 2.05) is 12.1 Å². The molecule has 0 saturated carbocycles. The number of carboxylic acid groups (broad SMARTS) is 1. The summed E-state index contributed by atoms with van der Waals surface area (Å²) in [6.07, 6.45) is 3.69. The molecule has 0 aromatic heterocycles. The lowest BCUT2D eigenvalue weighted by molar-refractivity contribution is 0.0696. The quantitative estimate of drug-likeness (QED) is 0.361. The van der Waals surface area contributed by atoms with Crippen molar-refractivity contribution in [2.24, 2.45) is 0 Å². The van der Waals surface area contributed by atoms with Crippen molar-refractivity contribution in [2.75, 3.05) is 0 Å². The van der Waals surface area contributed by atoms with Crippen LogP contribution in [-0.4, -0.2) is 11.1 Å². The Morgan fingerprint density at radius 3 is 2.33 bits per heavy atom. The second-order valence-corrected chi connectivity index (χ2v) is 9.35. The molecule has 3 aromatic rings. The summed E-state index contributed by atoms with van der Waals surface area (Å²) < 4.78 is 28.5. The van der Waals surface area contributed by atoms with E-state index in [1.165, 1.54) is 5.57 Å². The molecule has 36 heavy (non-hydrogen) atoms. The van der Waals surface area contributed by atoms with Gasteiger partial charge in [-0.25, -0.2) is 13.6 Å². The van der Waals surface area contributed by atoms with Crippen LogP contribution in [0, 0.1) is 6.92 Å². The Bertz CT molecular complexity index is 1320. The summed E-state index contributed by atoms with van der Waals surface area (Å²) in [5.41, 5.74) is 8.56. The molecule has 1 aliphatic rings. The fourth-order valence-corrected chi connectivity index (χ4v) is 5.19. The third-order valence-corrected chi connectivity index (χ3v) is 7.14. The highest BCUT2D eigenvalue weighted by molar-refractivity contribution is 6.01. The number of hydrogen-bond acceptors (Lipinski definition) is 1. The number of fused-ring (bicyclic) bond motifs is 1. The van der Waals surface area contributed by atoms with Crippen LogP contribution < -0.4 is 0 Å². The van der Waals surface area contributed by atoms with Gasteiger partial charge in [-0.2, -0.15) is 0 Å². The van der Waals surface area contributed by atoms with E-state index in [0.29, 0.717) is 24.0 Å². The molecule has 0 unspecified atom stereocenters. The molecule has 1 aliphatic carbocycles. The van der Waals surface area contributed by atoms with Gasteiger partial charge < -0.3 is 5.11 Å². The number of halogens is 2. The van der Waals surface area contributed by atoms with Crippen molar-refractivity contribution in [1.82, 2.24) is 0 Å². The predicted molar refractivity (Wildman–Crippen MR) is 143 cm³/mol. The van der Waals surface area contributed by atoms with E-state index < -0.39 is 12.4 Å². The highest BCUT2D eigenvalue weighted by Gasteiger charge is 2.25. The van der Waals surface area contributed by atoms with E-state index in [1.54, 1.807) is 31.2 Å². The molecule has 2 nitrogen and oxygen atoms in total. The number of rotatable bonds is 7. The third-order valence-electron chi connectivity index (χ3n) is 7.14. The van der Waals surface area contributed by atoms with Crippen LogP contribution in [0.25, 0.3) is 17.2 Å². The molecule has 0 radical (unpaired) electrons. The smallest absolute Gasteiger partial charge is 0.335 e. The Balaban J connectivity index is 1.98. The Hall–Kier alpha value is -3.53. The number of hydrogen-bond donors (Lipinski definition) is 1. The molecule has 1 N–H and O–H groups in total. The number of allylic oxidation sites excluding steroid dienone is 2. The van der Waals surface area contributed by atoms with Crippen LogP contribution in [-0.2, 0) is 6.42 Å². The lowest BCUT2D eigenvalue weighted by Gasteiger charge is -2.20. The van der Waals surface area contributed by atoms with Crippen LogP contribution in [0.3, 0.4) is 0 Å². The van der Waals surface area contributed by atoms with Crippen LogP contribution in [0.2, 0.25) is 0 Å². The minimum absolute atomic E-state index is 0.0747. The lowest BCUT2D eigenvalue weighted by atomic mass is 9.85. The van der Waals surface area contributed by atoms with Crippen molar-refractivity contribution in [3.05, 3.63) is 111 Å². The molecule has 4 rings (SSSR count). The molecule has 0 bridgehead atoms. The van der Waals surface area contributed by atoms with Crippen molar-refractivity contribution in [3.8, 4) is 0 Å². The average molecular weight is 487 g/mol. The minimum atomic E-state index is -2.58. The second kappa shape index (κ2) is 11.0. The van der Waals surface area contributed by atoms with Crippen molar-refractivity contribution >= 4 is 23.2 Å². The predicted octanol–water partition coefficient (Wildman–Crippen LogP) is 9.13. The number of carboxylic acids is 1. The second-order valence-electron chi connectivity index (χ2n) is 9.35. The number of benzene rings is 3. The molecule has 0 heterocycles. The van der Waals surface area contributed by atoms with Gasteiger partial charge in [-0.3, -0.25) is 0 Å².